The van der Waals surface area contributed by atoms with Gasteiger partial charge in [0.15, 0.2) is 0 Å². The maximum atomic E-state index is 6.30. The first-order chi connectivity index (χ1) is 10.3. The van der Waals surface area contributed by atoms with Crippen LogP contribution in [0.2, 0.25) is 0 Å². The van der Waals surface area contributed by atoms with Crippen LogP contribution in [0.3, 0.4) is 0 Å². The summed E-state index contributed by atoms with van der Waals surface area (Å²) >= 11 is 1.93. The van der Waals surface area contributed by atoms with E-state index in [1.165, 1.54) is 41.2 Å². The average Bonchev–Trinajstić information content (AvgIpc) is 3.03. The fraction of sp³-hybridized carbons (Fsp3) is 0.444. The molecule has 21 heavy (non-hydrogen) atoms. The Labute approximate surface area is 130 Å². The van der Waals surface area contributed by atoms with Gasteiger partial charge < -0.3 is 5.73 Å². The molecule has 3 heteroatoms. The van der Waals surface area contributed by atoms with E-state index in [0.29, 0.717) is 6.04 Å². The minimum Gasteiger partial charge on any atom is -0.327 e. The second-order valence-corrected chi connectivity index (χ2v) is 7.67. The van der Waals surface area contributed by atoms with Crippen LogP contribution >= 0.6 is 11.3 Å². The SMILES string of the molecule is NC1[C@@H]2CC[C@H]1CN(Cc1ccc(-c3ccccc3)s1)C2. The van der Waals surface area contributed by atoms with Gasteiger partial charge >= 0.3 is 0 Å². The molecule has 2 heterocycles. The molecule has 2 aromatic rings. The highest BCUT2D eigenvalue weighted by Gasteiger charge is 2.39. The highest BCUT2D eigenvalue weighted by molar-refractivity contribution is 7.15. The standard InChI is InChI=1S/C18H22N2S/c19-18-14-6-7-15(18)11-20(10-14)12-16-8-9-17(21-16)13-4-2-1-3-5-13/h1-5,8-9,14-15,18H,6-7,10-12,19H2/t14-,15+,18?. The predicted molar refractivity (Wildman–Crippen MR) is 89.2 cm³/mol. The molecule has 3 atom stereocenters. The average molecular weight is 298 g/mol. The minimum absolute atomic E-state index is 0.462. The van der Waals surface area contributed by atoms with Crippen LogP contribution in [0.4, 0.5) is 0 Å². The van der Waals surface area contributed by atoms with E-state index in [-0.39, 0.29) is 0 Å². The number of fused-ring (bicyclic) bond motifs is 2. The Morgan fingerprint density at radius 3 is 2.43 bits per heavy atom. The van der Waals surface area contributed by atoms with E-state index in [1.807, 2.05) is 11.3 Å². The summed E-state index contributed by atoms with van der Waals surface area (Å²) in [5.41, 5.74) is 7.62. The van der Waals surface area contributed by atoms with Crippen molar-refractivity contribution >= 4 is 11.3 Å². The number of nitrogens with zero attached hydrogens (tertiary/aromatic N) is 1. The third kappa shape index (κ3) is 2.66. The van der Waals surface area contributed by atoms with E-state index in [9.17, 15) is 0 Å². The Kier molecular flexibility index (Phi) is 3.57. The van der Waals surface area contributed by atoms with Crippen LogP contribution in [-0.4, -0.2) is 24.0 Å². The minimum atomic E-state index is 0.462. The van der Waals surface area contributed by atoms with Crippen LogP contribution in [0.15, 0.2) is 42.5 Å². The summed E-state index contributed by atoms with van der Waals surface area (Å²) in [5.74, 6) is 1.47. The van der Waals surface area contributed by atoms with Crippen LogP contribution in [0, 0.1) is 11.8 Å². The van der Waals surface area contributed by atoms with E-state index >= 15 is 0 Å². The number of hydrogen-bond acceptors (Lipinski definition) is 3. The number of hydrogen-bond donors (Lipinski definition) is 1. The zero-order valence-electron chi connectivity index (χ0n) is 12.2. The maximum absolute atomic E-state index is 6.30. The molecule has 1 aromatic carbocycles. The second kappa shape index (κ2) is 5.56. The Hall–Kier alpha value is -1.16. The Morgan fingerprint density at radius 2 is 1.71 bits per heavy atom. The topological polar surface area (TPSA) is 29.3 Å². The normalized spacial score (nSPS) is 28.9. The van der Waals surface area contributed by atoms with E-state index < -0.39 is 0 Å². The first-order valence-corrected chi connectivity index (χ1v) is 8.73. The van der Waals surface area contributed by atoms with Crippen LogP contribution in [0.1, 0.15) is 17.7 Å². The molecule has 2 fully saturated rings. The summed E-state index contributed by atoms with van der Waals surface area (Å²) < 4.78 is 0. The first-order valence-electron chi connectivity index (χ1n) is 7.91. The van der Waals surface area contributed by atoms with Crippen molar-refractivity contribution in [2.75, 3.05) is 13.1 Å². The van der Waals surface area contributed by atoms with Gasteiger partial charge in [0.1, 0.15) is 0 Å². The fourth-order valence-electron chi connectivity index (χ4n) is 3.93. The number of nitrogens with two attached hydrogens (primary N) is 1. The largest absolute Gasteiger partial charge is 0.327 e. The van der Waals surface area contributed by atoms with Crippen molar-refractivity contribution in [2.45, 2.75) is 25.4 Å². The van der Waals surface area contributed by atoms with Gasteiger partial charge in [-0.25, -0.2) is 0 Å². The molecule has 2 aliphatic rings. The summed E-state index contributed by atoms with van der Waals surface area (Å²) in [5, 5.41) is 0. The molecule has 2 bridgehead atoms. The molecular weight excluding hydrogens is 276 g/mol. The molecule has 1 aliphatic heterocycles. The molecule has 2 nitrogen and oxygen atoms in total. The molecule has 1 saturated carbocycles. The number of piperidine rings is 1. The molecule has 1 aromatic heterocycles. The lowest BCUT2D eigenvalue weighted by Crippen LogP contribution is -2.48. The Morgan fingerprint density at radius 1 is 1.00 bits per heavy atom. The molecule has 1 aliphatic carbocycles. The van der Waals surface area contributed by atoms with Gasteiger partial charge in [0.25, 0.3) is 0 Å². The fourth-order valence-corrected chi connectivity index (χ4v) is 4.99. The van der Waals surface area contributed by atoms with Crippen LogP contribution in [0.25, 0.3) is 10.4 Å². The molecule has 4 rings (SSSR count). The van der Waals surface area contributed by atoms with Crippen molar-refractivity contribution in [3.05, 3.63) is 47.3 Å². The lowest BCUT2D eigenvalue weighted by Gasteiger charge is -2.35. The van der Waals surface area contributed by atoms with Crippen molar-refractivity contribution in [3.8, 4) is 10.4 Å². The predicted octanol–water partition coefficient (Wildman–Crippen LogP) is 3.58. The lowest BCUT2D eigenvalue weighted by molar-refractivity contribution is 0.142. The van der Waals surface area contributed by atoms with Gasteiger partial charge in [-0.05, 0) is 42.4 Å². The van der Waals surface area contributed by atoms with E-state index in [0.717, 1.165) is 18.4 Å². The van der Waals surface area contributed by atoms with Gasteiger partial charge in [0.05, 0.1) is 0 Å². The molecule has 0 radical (unpaired) electrons. The molecule has 0 amide bonds. The van der Waals surface area contributed by atoms with Crippen LogP contribution in [0.5, 0.6) is 0 Å². The monoisotopic (exact) mass is 298 g/mol. The van der Waals surface area contributed by atoms with E-state index in [4.69, 9.17) is 5.73 Å². The third-order valence-corrected chi connectivity index (χ3v) is 6.20. The quantitative estimate of drug-likeness (QED) is 0.938. The third-order valence-electron chi connectivity index (χ3n) is 5.08. The van der Waals surface area contributed by atoms with E-state index in [2.05, 4.69) is 47.4 Å². The zero-order valence-corrected chi connectivity index (χ0v) is 13.1. The number of benzene rings is 1. The molecule has 1 unspecified atom stereocenters. The molecule has 2 N–H and O–H groups in total. The number of rotatable bonds is 3. The molecule has 0 spiro atoms. The highest BCUT2D eigenvalue weighted by Crippen LogP contribution is 2.37. The lowest BCUT2D eigenvalue weighted by atomic mass is 9.93. The van der Waals surface area contributed by atoms with Gasteiger partial charge in [-0.1, -0.05) is 30.3 Å². The van der Waals surface area contributed by atoms with Gasteiger partial charge in [0, 0.05) is 35.4 Å². The molecular formula is C18H22N2S. The maximum Gasteiger partial charge on any atom is 0.0346 e. The Balaban J connectivity index is 1.45. The first kappa shape index (κ1) is 13.5. The summed E-state index contributed by atoms with van der Waals surface area (Å²) in [6, 6.07) is 15.7. The second-order valence-electron chi connectivity index (χ2n) is 6.50. The van der Waals surface area contributed by atoms with Crippen molar-refractivity contribution in [1.82, 2.24) is 4.90 Å². The van der Waals surface area contributed by atoms with Crippen molar-refractivity contribution in [2.24, 2.45) is 17.6 Å². The van der Waals surface area contributed by atoms with Crippen molar-refractivity contribution in [1.29, 1.82) is 0 Å². The van der Waals surface area contributed by atoms with Gasteiger partial charge in [-0.2, -0.15) is 0 Å². The summed E-state index contributed by atoms with van der Waals surface area (Å²) in [4.78, 5) is 5.47. The van der Waals surface area contributed by atoms with Crippen molar-refractivity contribution in [3.63, 3.8) is 0 Å². The molecule has 110 valence electrons. The molecule has 1 saturated heterocycles. The summed E-state index contributed by atoms with van der Waals surface area (Å²) in [6.45, 7) is 3.48. The van der Waals surface area contributed by atoms with Gasteiger partial charge in [-0.3, -0.25) is 4.90 Å². The number of thiophene rings is 1. The summed E-state index contributed by atoms with van der Waals surface area (Å²) in [7, 11) is 0. The zero-order chi connectivity index (χ0) is 14.2. The van der Waals surface area contributed by atoms with Crippen LogP contribution < -0.4 is 5.73 Å². The number of likely N-dealkylation sites (tertiary alicyclic amines) is 1. The van der Waals surface area contributed by atoms with Crippen molar-refractivity contribution < 1.29 is 0 Å². The highest BCUT2D eigenvalue weighted by atomic mass is 32.1. The summed E-state index contributed by atoms with van der Waals surface area (Å²) in [6.07, 6.45) is 2.67. The smallest absolute Gasteiger partial charge is 0.0346 e. The van der Waals surface area contributed by atoms with Gasteiger partial charge in [-0.15, -0.1) is 11.3 Å². The van der Waals surface area contributed by atoms with Crippen LogP contribution in [-0.2, 0) is 6.54 Å². The Bertz CT molecular complexity index is 593. The van der Waals surface area contributed by atoms with E-state index in [1.54, 1.807) is 0 Å². The van der Waals surface area contributed by atoms with Gasteiger partial charge in [0.2, 0.25) is 0 Å².